The zero-order valence-corrected chi connectivity index (χ0v) is 8.60. The highest BCUT2D eigenvalue weighted by Gasteiger charge is 2.21. The average Bonchev–Trinajstić information content (AvgIpc) is 2.07. The SMILES string of the molecule is CC(CCC(=O)NN)SC1COC1. The Labute approximate surface area is 82.5 Å². The molecule has 0 saturated carbocycles. The Morgan fingerprint density at radius 2 is 2.46 bits per heavy atom. The van der Waals surface area contributed by atoms with Gasteiger partial charge in [0.1, 0.15) is 0 Å². The van der Waals surface area contributed by atoms with Crippen LogP contribution in [0.1, 0.15) is 19.8 Å². The molecule has 1 aliphatic heterocycles. The van der Waals surface area contributed by atoms with Gasteiger partial charge in [0.05, 0.1) is 18.5 Å². The molecular weight excluding hydrogens is 188 g/mol. The number of amides is 1. The van der Waals surface area contributed by atoms with E-state index in [-0.39, 0.29) is 5.91 Å². The molecule has 1 unspecified atom stereocenters. The minimum Gasteiger partial charge on any atom is -0.379 e. The number of hydrazine groups is 1. The molecule has 0 aliphatic carbocycles. The van der Waals surface area contributed by atoms with Crippen LogP contribution in [0.3, 0.4) is 0 Å². The zero-order chi connectivity index (χ0) is 9.68. The van der Waals surface area contributed by atoms with Crippen LogP contribution in [0.25, 0.3) is 0 Å². The monoisotopic (exact) mass is 204 g/mol. The molecule has 3 N–H and O–H groups in total. The maximum Gasteiger partial charge on any atom is 0.233 e. The lowest BCUT2D eigenvalue weighted by Gasteiger charge is -2.27. The Kier molecular flexibility index (Phi) is 4.55. The highest BCUT2D eigenvalue weighted by atomic mass is 32.2. The van der Waals surface area contributed by atoms with Gasteiger partial charge in [0.15, 0.2) is 0 Å². The highest BCUT2D eigenvalue weighted by Crippen LogP contribution is 2.26. The van der Waals surface area contributed by atoms with E-state index in [1.165, 1.54) is 0 Å². The topological polar surface area (TPSA) is 64.4 Å². The van der Waals surface area contributed by atoms with Crippen molar-refractivity contribution in [3.05, 3.63) is 0 Å². The van der Waals surface area contributed by atoms with Crippen LogP contribution in [-0.2, 0) is 9.53 Å². The molecule has 1 fully saturated rings. The van der Waals surface area contributed by atoms with Gasteiger partial charge in [-0.1, -0.05) is 6.92 Å². The van der Waals surface area contributed by atoms with Crippen molar-refractivity contribution < 1.29 is 9.53 Å². The summed E-state index contributed by atoms with van der Waals surface area (Å²) in [5.41, 5.74) is 2.13. The first kappa shape index (κ1) is 10.8. The number of nitrogens with one attached hydrogen (secondary N) is 1. The molecule has 0 radical (unpaired) electrons. The molecule has 1 saturated heterocycles. The van der Waals surface area contributed by atoms with Gasteiger partial charge < -0.3 is 4.74 Å². The van der Waals surface area contributed by atoms with E-state index in [2.05, 4.69) is 12.3 Å². The van der Waals surface area contributed by atoms with Crippen LogP contribution < -0.4 is 11.3 Å². The van der Waals surface area contributed by atoms with E-state index in [1.807, 2.05) is 11.8 Å². The van der Waals surface area contributed by atoms with Crippen LogP contribution in [0.15, 0.2) is 0 Å². The van der Waals surface area contributed by atoms with E-state index in [4.69, 9.17) is 10.6 Å². The lowest BCUT2D eigenvalue weighted by atomic mass is 10.2. The number of carbonyl (C=O) groups excluding carboxylic acids is 1. The largest absolute Gasteiger partial charge is 0.379 e. The molecule has 1 atom stereocenters. The molecule has 13 heavy (non-hydrogen) atoms. The standard InChI is InChI=1S/C8H16N2O2S/c1-6(2-3-8(11)10-9)13-7-4-12-5-7/h6-7H,2-5,9H2,1H3,(H,10,11). The van der Waals surface area contributed by atoms with Crippen LogP contribution in [0.4, 0.5) is 0 Å². The van der Waals surface area contributed by atoms with E-state index in [1.54, 1.807) is 0 Å². The highest BCUT2D eigenvalue weighted by molar-refractivity contribution is 8.00. The van der Waals surface area contributed by atoms with Gasteiger partial charge in [0, 0.05) is 11.7 Å². The second-order valence-corrected chi connectivity index (χ2v) is 4.96. The van der Waals surface area contributed by atoms with Crippen LogP contribution in [0.5, 0.6) is 0 Å². The molecular formula is C8H16N2O2S. The van der Waals surface area contributed by atoms with Gasteiger partial charge in [-0.25, -0.2) is 5.84 Å². The molecule has 0 aromatic rings. The Balaban J connectivity index is 2.02. The van der Waals surface area contributed by atoms with Crippen molar-refractivity contribution in [2.45, 2.75) is 30.3 Å². The van der Waals surface area contributed by atoms with E-state index in [0.29, 0.717) is 16.9 Å². The second-order valence-electron chi connectivity index (χ2n) is 3.21. The summed E-state index contributed by atoms with van der Waals surface area (Å²) in [6, 6.07) is 0. The number of rotatable bonds is 5. The third-order valence-corrected chi connectivity index (χ3v) is 3.33. The van der Waals surface area contributed by atoms with E-state index in [0.717, 1.165) is 19.6 Å². The molecule has 0 aromatic heterocycles. The first-order valence-corrected chi connectivity index (χ1v) is 5.39. The fraction of sp³-hybridized carbons (Fsp3) is 0.875. The van der Waals surface area contributed by atoms with Crippen molar-refractivity contribution in [1.29, 1.82) is 0 Å². The molecule has 1 heterocycles. The number of hydrogen-bond acceptors (Lipinski definition) is 4. The number of carbonyl (C=O) groups is 1. The Bertz CT molecular complexity index is 174. The molecule has 1 aliphatic rings. The minimum atomic E-state index is -0.0858. The van der Waals surface area contributed by atoms with Crippen molar-refractivity contribution in [2.24, 2.45) is 5.84 Å². The van der Waals surface area contributed by atoms with E-state index >= 15 is 0 Å². The molecule has 76 valence electrons. The molecule has 1 amide bonds. The summed E-state index contributed by atoms with van der Waals surface area (Å²) >= 11 is 1.89. The maximum atomic E-state index is 10.8. The van der Waals surface area contributed by atoms with Crippen LogP contribution in [-0.4, -0.2) is 29.6 Å². The lowest BCUT2D eigenvalue weighted by molar-refractivity contribution is -0.121. The Hall–Kier alpha value is -0.260. The van der Waals surface area contributed by atoms with Crippen LogP contribution >= 0.6 is 11.8 Å². The first-order valence-electron chi connectivity index (χ1n) is 4.45. The maximum absolute atomic E-state index is 10.8. The van der Waals surface area contributed by atoms with Gasteiger partial charge in [0.2, 0.25) is 5.91 Å². The molecule has 1 rings (SSSR count). The number of hydrogen-bond donors (Lipinski definition) is 2. The van der Waals surface area contributed by atoms with Gasteiger partial charge in [-0.3, -0.25) is 10.2 Å². The number of ether oxygens (including phenoxy) is 1. The van der Waals surface area contributed by atoms with Crippen LogP contribution in [0, 0.1) is 0 Å². The van der Waals surface area contributed by atoms with Gasteiger partial charge in [-0.15, -0.1) is 0 Å². The summed E-state index contributed by atoms with van der Waals surface area (Å²) < 4.78 is 5.06. The number of nitrogens with two attached hydrogens (primary N) is 1. The third kappa shape index (κ3) is 3.97. The smallest absolute Gasteiger partial charge is 0.233 e. The summed E-state index contributed by atoms with van der Waals surface area (Å²) in [5, 5.41) is 1.14. The zero-order valence-electron chi connectivity index (χ0n) is 7.79. The second kappa shape index (κ2) is 5.47. The Morgan fingerprint density at radius 3 is 2.92 bits per heavy atom. The van der Waals surface area contributed by atoms with E-state index in [9.17, 15) is 4.79 Å². The predicted molar refractivity (Wildman–Crippen MR) is 53.2 cm³/mol. The fourth-order valence-corrected chi connectivity index (χ4v) is 2.36. The minimum absolute atomic E-state index is 0.0858. The normalized spacial score (nSPS) is 19.2. The van der Waals surface area contributed by atoms with Gasteiger partial charge in [-0.2, -0.15) is 11.8 Å². The predicted octanol–water partition coefficient (Wildman–Crippen LogP) is 0.277. The lowest BCUT2D eigenvalue weighted by Crippen LogP contribution is -2.33. The summed E-state index contributed by atoms with van der Waals surface area (Å²) in [6.45, 7) is 3.85. The first-order chi connectivity index (χ1) is 6.22. The fourth-order valence-electron chi connectivity index (χ4n) is 1.10. The van der Waals surface area contributed by atoms with Gasteiger partial charge >= 0.3 is 0 Å². The van der Waals surface area contributed by atoms with E-state index < -0.39 is 0 Å². The molecule has 0 aromatic carbocycles. The van der Waals surface area contributed by atoms with Crippen molar-refractivity contribution in [1.82, 2.24) is 5.43 Å². The van der Waals surface area contributed by atoms with Crippen molar-refractivity contribution in [3.63, 3.8) is 0 Å². The van der Waals surface area contributed by atoms with Crippen molar-refractivity contribution in [2.75, 3.05) is 13.2 Å². The molecule has 4 nitrogen and oxygen atoms in total. The van der Waals surface area contributed by atoms with Crippen molar-refractivity contribution in [3.8, 4) is 0 Å². The Morgan fingerprint density at radius 1 is 1.77 bits per heavy atom. The quantitative estimate of drug-likeness (QED) is 0.383. The summed E-state index contributed by atoms with van der Waals surface area (Å²) in [7, 11) is 0. The van der Waals surface area contributed by atoms with Gasteiger partial charge in [0.25, 0.3) is 0 Å². The van der Waals surface area contributed by atoms with Crippen LogP contribution in [0.2, 0.25) is 0 Å². The average molecular weight is 204 g/mol. The number of thioether (sulfide) groups is 1. The summed E-state index contributed by atoms with van der Waals surface area (Å²) in [5.74, 6) is 4.88. The molecule has 0 spiro atoms. The summed E-state index contributed by atoms with van der Waals surface area (Å²) in [6.07, 6.45) is 1.39. The molecule has 0 bridgehead atoms. The third-order valence-electron chi connectivity index (χ3n) is 1.97. The van der Waals surface area contributed by atoms with Gasteiger partial charge in [-0.05, 0) is 6.42 Å². The molecule has 5 heteroatoms. The summed E-state index contributed by atoms with van der Waals surface area (Å²) in [4.78, 5) is 10.8. The van der Waals surface area contributed by atoms with Crippen molar-refractivity contribution >= 4 is 17.7 Å².